The maximum Gasteiger partial charge on any atom is 0.289 e. The van der Waals surface area contributed by atoms with Crippen LogP contribution in [0.5, 0.6) is 0 Å². The van der Waals surface area contributed by atoms with Gasteiger partial charge < -0.3 is 14.1 Å². The molecule has 1 aromatic heterocycles. The summed E-state index contributed by atoms with van der Waals surface area (Å²) < 4.78 is 10.6. The average Bonchev–Trinajstić information content (AvgIpc) is 3.25. The fraction of sp³-hybridized carbons (Fsp3) is 0.500. The minimum absolute atomic E-state index is 0.0194. The number of rotatable bonds is 5. The number of hydrogen-bond donors (Lipinski definition) is 0. The molecule has 0 radical (unpaired) electrons. The van der Waals surface area contributed by atoms with Crippen LogP contribution in [0, 0.1) is 5.92 Å². The van der Waals surface area contributed by atoms with Crippen LogP contribution in [0.2, 0.25) is 0 Å². The summed E-state index contributed by atoms with van der Waals surface area (Å²) in [5, 5.41) is 0. The number of carbonyl (C=O) groups is 1. The number of morpholine rings is 1. The topological polar surface area (TPSA) is 45.9 Å². The van der Waals surface area contributed by atoms with Gasteiger partial charge in [-0.2, -0.15) is 0 Å². The summed E-state index contributed by atoms with van der Waals surface area (Å²) in [5.41, 5.74) is 2.77. The summed E-state index contributed by atoms with van der Waals surface area (Å²) in [4.78, 5) is 16.7. The molecule has 1 amide bonds. The number of carbonyl (C=O) groups excluding carboxylic acids is 1. The zero-order valence-electron chi connectivity index (χ0n) is 15.8. The highest BCUT2D eigenvalue weighted by Gasteiger charge is 2.25. The minimum Gasteiger partial charge on any atom is -0.459 e. The summed E-state index contributed by atoms with van der Waals surface area (Å²) in [6, 6.07) is 12.6. The first-order chi connectivity index (χ1) is 13.3. The molecule has 4 rings (SSSR count). The maximum absolute atomic E-state index is 12.3. The van der Waals surface area contributed by atoms with Crippen molar-refractivity contribution in [2.24, 2.45) is 5.92 Å². The standard InChI is InChI=1S/C22H28N2O3/c25-22(21-2-1-13-27-21)24-9-7-19(8-10-24)16-18-3-5-20(6-4-18)17-23-11-14-26-15-12-23/h1-6,13,19H,7-12,14-17H2. The van der Waals surface area contributed by atoms with Gasteiger partial charge in [0.1, 0.15) is 0 Å². The molecule has 0 bridgehead atoms. The van der Waals surface area contributed by atoms with E-state index >= 15 is 0 Å². The molecule has 0 unspecified atom stereocenters. The Hall–Kier alpha value is -2.11. The van der Waals surface area contributed by atoms with E-state index in [0.717, 1.165) is 65.2 Å². The van der Waals surface area contributed by atoms with Crippen molar-refractivity contribution in [3.8, 4) is 0 Å². The second kappa shape index (κ2) is 8.72. The van der Waals surface area contributed by atoms with Crippen LogP contribution in [-0.4, -0.2) is 55.1 Å². The molecule has 1 aromatic carbocycles. The third-order valence-corrected chi connectivity index (χ3v) is 5.69. The van der Waals surface area contributed by atoms with Gasteiger partial charge >= 0.3 is 0 Å². The predicted octanol–water partition coefficient (Wildman–Crippen LogP) is 3.21. The van der Waals surface area contributed by atoms with Crippen LogP contribution < -0.4 is 0 Å². The fourth-order valence-electron chi connectivity index (χ4n) is 4.03. The first-order valence-corrected chi connectivity index (χ1v) is 9.98. The summed E-state index contributed by atoms with van der Waals surface area (Å²) in [6.07, 6.45) is 4.77. The van der Waals surface area contributed by atoms with Crippen molar-refractivity contribution >= 4 is 5.91 Å². The SMILES string of the molecule is O=C(c1ccco1)N1CCC(Cc2ccc(CN3CCOCC3)cc2)CC1. The summed E-state index contributed by atoms with van der Waals surface area (Å²) in [5.74, 6) is 1.12. The molecule has 2 aliphatic rings. The van der Waals surface area contributed by atoms with Crippen molar-refractivity contribution in [2.75, 3.05) is 39.4 Å². The molecule has 27 heavy (non-hydrogen) atoms. The smallest absolute Gasteiger partial charge is 0.289 e. The van der Waals surface area contributed by atoms with E-state index in [9.17, 15) is 4.79 Å². The second-order valence-electron chi connectivity index (χ2n) is 7.62. The molecule has 2 saturated heterocycles. The van der Waals surface area contributed by atoms with Crippen molar-refractivity contribution in [1.82, 2.24) is 9.80 Å². The number of amides is 1. The number of ether oxygens (including phenoxy) is 1. The quantitative estimate of drug-likeness (QED) is 0.813. The van der Waals surface area contributed by atoms with Gasteiger partial charge in [-0.05, 0) is 48.4 Å². The van der Waals surface area contributed by atoms with E-state index in [4.69, 9.17) is 9.15 Å². The highest BCUT2D eigenvalue weighted by molar-refractivity contribution is 5.91. The lowest BCUT2D eigenvalue weighted by Gasteiger charge is -2.31. The highest BCUT2D eigenvalue weighted by atomic mass is 16.5. The lowest BCUT2D eigenvalue weighted by Crippen LogP contribution is -2.38. The lowest BCUT2D eigenvalue weighted by molar-refractivity contribution is 0.0342. The zero-order chi connectivity index (χ0) is 18.5. The van der Waals surface area contributed by atoms with Crippen LogP contribution in [0.15, 0.2) is 47.1 Å². The van der Waals surface area contributed by atoms with Gasteiger partial charge in [-0.15, -0.1) is 0 Å². The van der Waals surface area contributed by atoms with Crippen LogP contribution in [0.1, 0.15) is 34.5 Å². The van der Waals surface area contributed by atoms with Crippen molar-refractivity contribution < 1.29 is 13.9 Å². The lowest BCUT2D eigenvalue weighted by atomic mass is 9.90. The van der Waals surface area contributed by atoms with E-state index in [1.165, 1.54) is 11.1 Å². The average molecular weight is 368 g/mol. The van der Waals surface area contributed by atoms with E-state index in [0.29, 0.717) is 11.7 Å². The van der Waals surface area contributed by atoms with Gasteiger partial charge in [-0.25, -0.2) is 0 Å². The molecule has 3 heterocycles. The van der Waals surface area contributed by atoms with E-state index in [2.05, 4.69) is 29.2 Å². The number of benzene rings is 1. The Labute approximate surface area is 160 Å². The monoisotopic (exact) mass is 368 g/mol. The molecule has 2 aromatic rings. The van der Waals surface area contributed by atoms with Gasteiger partial charge in [0.25, 0.3) is 5.91 Å². The summed E-state index contributed by atoms with van der Waals surface area (Å²) in [7, 11) is 0. The van der Waals surface area contributed by atoms with Crippen LogP contribution in [0.25, 0.3) is 0 Å². The molecule has 144 valence electrons. The van der Waals surface area contributed by atoms with Crippen molar-refractivity contribution in [3.05, 3.63) is 59.5 Å². The molecule has 5 heteroatoms. The first-order valence-electron chi connectivity index (χ1n) is 9.98. The third-order valence-electron chi connectivity index (χ3n) is 5.69. The van der Waals surface area contributed by atoms with Crippen molar-refractivity contribution in [1.29, 1.82) is 0 Å². The van der Waals surface area contributed by atoms with Gasteiger partial charge in [-0.3, -0.25) is 9.69 Å². The maximum atomic E-state index is 12.3. The van der Waals surface area contributed by atoms with Crippen molar-refractivity contribution in [3.63, 3.8) is 0 Å². The summed E-state index contributed by atoms with van der Waals surface area (Å²) >= 11 is 0. The predicted molar refractivity (Wildman–Crippen MR) is 104 cm³/mol. The fourth-order valence-corrected chi connectivity index (χ4v) is 4.03. The van der Waals surface area contributed by atoms with E-state index in [1.807, 2.05) is 4.90 Å². The molecule has 0 N–H and O–H groups in total. The molecule has 0 spiro atoms. The Kier molecular flexibility index (Phi) is 5.90. The number of piperidine rings is 1. The van der Waals surface area contributed by atoms with Crippen LogP contribution in [0.3, 0.4) is 0 Å². The van der Waals surface area contributed by atoms with Gasteiger partial charge in [0, 0.05) is 32.7 Å². The first kappa shape index (κ1) is 18.3. The number of nitrogens with zero attached hydrogens (tertiary/aromatic N) is 2. The summed E-state index contributed by atoms with van der Waals surface area (Å²) in [6.45, 7) is 6.39. The van der Waals surface area contributed by atoms with Gasteiger partial charge in [0.05, 0.1) is 19.5 Å². The molecule has 0 atom stereocenters. The van der Waals surface area contributed by atoms with Crippen LogP contribution >= 0.6 is 0 Å². The molecular formula is C22H28N2O3. The Bertz CT molecular complexity index is 713. The van der Waals surface area contributed by atoms with E-state index in [1.54, 1.807) is 18.4 Å². The molecule has 2 aliphatic heterocycles. The Balaban J connectivity index is 1.24. The number of likely N-dealkylation sites (tertiary alicyclic amines) is 1. The van der Waals surface area contributed by atoms with E-state index in [-0.39, 0.29) is 5.91 Å². The second-order valence-corrected chi connectivity index (χ2v) is 7.62. The van der Waals surface area contributed by atoms with Crippen molar-refractivity contribution in [2.45, 2.75) is 25.8 Å². The Morgan fingerprint density at radius 2 is 1.67 bits per heavy atom. The largest absolute Gasteiger partial charge is 0.459 e. The van der Waals surface area contributed by atoms with Gasteiger partial charge in [0.15, 0.2) is 5.76 Å². The normalized spacial score (nSPS) is 19.3. The number of hydrogen-bond acceptors (Lipinski definition) is 4. The Morgan fingerprint density at radius 1 is 0.963 bits per heavy atom. The van der Waals surface area contributed by atoms with Crippen LogP contribution in [0.4, 0.5) is 0 Å². The molecule has 5 nitrogen and oxygen atoms in total. The molecular weight excluding hydrogens is 340 g/mol. The zero-order valence-corrected chi connectivity index (χ0v) is 15.8. The minimum atomic E-state index is 0.0194. The van der Waals surface area contributed by atoms with Gasteiger partial charge in [-0.1, -0.05) is 24.3 Å². The highest BCUT2D eigenvalue weighted by Crippen LogP contribution is 2.23. The molecule has 0 aliphatic carbocycles. The molecule has 0 saturated carbocycles. The third kappa shape index (κ3) is 4.79. The van der Waals surface area contributed by atoms with Crippen LogP contribution in [-0.2, 0) is 17.7 Å². The van der Waals surface area contributed by atoms with E-state index < -0.39 is 0 Å². The molecule has 2 fully saturated rings. The Morgan fingerprint density at radius 3 is 2.33 bits per heavy atom. The number of furan rings is 1. The van der Waals surface area contributed by atoms with Gasteiger partial charge in [0.2, 0.25) is 0 Å².